The maximum Gasteiger partial charge on any atom is 0.241 e. The van der Waals surface area contributed by atoms with Crippen LogP contribution in [0.2, 0.25) is 0 Å². The Morgan fingerprint density at radius 3 is 2.56 bits per heavy atom. The number of aliphatic hydroxyl groups excluding tert-OH is 1. The van der Waals surface area contributed by atoms with Crippen LogP contribution in [0, 0.1) is 0 Å². The van der Waals surface area contributed by atoms with Gasteiger partial charge in [-0.05, 0) is 24.1 Å². The number of carbonyl (C=O) groups is 1. The van der Waals surface area contributed by atoms with Gasteiger partial charge in [0, 0.05) is 13.6 Å². The van der Waals surface area contributed by atoms with Gasteiger partial charge < -0.3 is 20.5 Å². The molecule has 0 aliphatic heterocycles. The molecular formula is C13H20N2O3. The number of benzene rings is 1. The molecule has 1 amide bonds. The molecule has 0 bridgehead atoms. The molecule has 1 atom stereocenters. The van der Waals surface area contributed by atoms with Crippen molar-refractivity contribution in [3.05, 3.63) is 29.8 Å². The van der Waals surface area contributed by atoms with E-state index in [0.717, 1.165) is 17.7 Å². The largest absolute Gasteiger partial charge is 0.497 e. The fraction of sp³-hybridized carbons (Fsp3) is 0.462. The molecule has 100 valence electrons. The van der Waals surface area contributed by atoms with Gasteiger partial charge in [-0.25, -0.2) is 0 Å². The second kappa shape index (κ2) is 6.98. The van der Waals surface area contributed by atoms with E-state index in [9.17, 15) is 4.79 Å². The van der Waals surface area contributed by atoms with Crippen molar-refractivity contribution < 1.29 is 14.6 Å². The van der Waals surface area contributed by atoms with Crippen LogP contribution in [0.25, 0.3) is 0 Å². The predicted octanol–water partition coefficient (Wildman–Crippen LogP) is 0.0157. The summed E-state index contributed by atoms with van der Waals surface area (Å²) in [7, 11) is 3.30. The highest BCUT2D eigenvalue weighted by molar-refractivity contribution is 5.81. The van der Waals surface area contributed by atoms with Gasteiger partial charge in [-0.3, -0.25) is 4.79 Å². The van der Waals surface area contributed by atoms with Crippen molar-refractivity contribution in [3.63, 3.8) is 0 Å². The summed E-state index contributed by atoms with van der Waals surface area (Å²) in [6.07, 6.45) is 0.740. The van der Waals surface area contributed by atoms with Gasteiger partial charge in [0.25, 0.3) is 0 Å². The Kier molecular flexibility index (Phi) is 5.61. The van der Waals surface area contributed by atoms with Gasteiger partial charge in [-0.15, -0.1) is 0 Å². The molecular weight excluding hydrogens is 232 g/mol. The van der Waals surface area contributed by atoms with E-state index in [4.69, 9.17) is 15.6 Å². The highest BCUT2D eigenvalue weighted by Gasteiger charge is 2.16. The Morgan fingerprint density at radius 1 is 1.44 bits per heavy atom. The summed E-state index contributed by atoms with van der Waals surface area (Å²) in [5, 5.41) is 8.81. The molecule has 1 aromatic carbocycles. The molecule has 18 heavy (non-hydrogen) atoms. The van der Waals surface area contributed by atoms with Crippen LogP contribution in [-0.4, -0.2) is 49.3 Å². The van der Waals surface area contributed by atoms with E-state index in [0.29, 0.717) is 6.54 Å². The molecule has 5 nitrogen and oxygen atoms in total. The predicted molar refractivity (Wildman–Crippen MR) is 69.4 cm³/mol. The number of nitrogens with zero attached hydrogens (tertiary/aromatic N) is 1. The summed E-state index contributed by atoms with van der Waals surface area (Å²) in [5.41, 5.74) is 6.59. The van der Waals surface area contributed by atoms with Crippen LogP contribution in [-0.2, 0) is 11.2 Å². The molecule has 1 rings (SSSR count). The van der Waals surface area contributed by atoms with Crippen LogP contribution in [0.1, 0.15) is 5.56 Å². The van der Waals surface area contributed by atoms with E-state index >= 15 is 0 Å². The molecule has 0 aliphatic rings. The molecule has 5 heteroatoms. The van der Waals surface area contributed by atoms with Crippen LogP contribution in [0.3, 0.4) is 0 Å². The van der Waals surface area contributed by atoms with Gasteiger partial charge in [0.05, 0.1) is 13.7 Å². The minimum Gasteiger partial charge on any atom is -0.497 e. The van der Waals surface area contributed by atoms with Crippen LogP contribution in [0.15, 0.2) is 24.3 Å². The van der Waals surface area contributed by atoms with Crippen molar-refractivity contribution in [1.29, 1.82) is 0 Å². The maximum atomic E-state index is 11.6. The van der Waals surface area contributed by atoms with Gasteiger partial charge in [-0.2, -0.15) is 0 Å². The molecule has 3 N–H and O–H groups in total. The Balaban J connectivity index is 2.46. The van der Waals surface area contributed by atoms with E-state index in [1.807, 2.05) is 24.3 Å². The van der Waals surface area contributed by atoms with Gasteiger partial charge in [0.15, 0.2) is 0 Å². The molecule has 0 spiro atoms. The lowest BCUT2D eigenvalue weighted by Crippen LogP contribution is -2.44. The number of amides is 1. The second-order valence-corrected chi connectivity index (χ2v) is 4.15. The highest BCUT2D eigenvalue weighted by atomic mass is 16.5. The van der Waals surface area contributed by atoms with E-state index in [1.54, 1.807) is 14.2 Å². The Labute approximate surface area is 107 Å². The first-order valence-corrected chi connectivity index (χ1v) is 5.82. The number of nitrogens with two attached hydrogens (primary N) is 1. The van der Waals surface area contributed by atoms with Crippen molar-refractivity contribution in [2.75, 3.05) is 27.3 Å². The molecule has 0 heterocycles. The molecule has 1 aromatic rings. The summed E-state index contributed by atoms with van der Waals surface area (Å²) in [6.45, 7) is 0.241. The monoisotopic (exact) mass is 252 g/mol. The average Bonchev–Trinajstić information content (AvgIpc) is 2.43. The molecule has 1 unspecified atom stereocenters. The quantitative estimate of drug-likeness (QED) is 0.748. The lowest BCUT2D eigenvalue weighted by atomic mass is 10.1. The average molecular weight is 252 g/mol. The Hall–Kier alpha value is -1.59. The second-order valence-electron chi connectivity index (χ2n) is 4.15. The van der Waals surface area contributed by atoms with Gasteiger partial charge in [0.1, 0.15) is 11.8 Å². The number of likely N-dealkylation sites (N-methyl/N-ethyl adjacent to an activating group) is 1. The number of hydrogen-bond acceptors (Lipinski definition) is 4. The SMILES string of the molecule is COc1ccc(CCN(C)C(=O)C(N)CO)cc1. The number of methoxy groups -OCH3 is 1. The standard InChI is InChI=1S/C13H20N2O3/c1-15(13(17)12(14)9-16)8-7-10-3-5-11(18-2)6-4-10/h3-6,12,16H,7-9,14H2,1-2H3. The van der Waals surface area contributed by atoms with Crippen LogP contribution in [0.4, 0.5) is 0 Å². The first-order chi connectivity index (χ1) is 8.58. The third-order valence-corrected chi connectivity index (χ3v) is 2.79. The fourth-order valence-electron chi connectivity index (χ4n) is 1.56. The summed E-state index contributed by atoms with van der Waals surface area (Å²) >= 11 is 0. The van der Waals surface area contributed by atoms with E-state index in [-0.39, 0.29) is 12.5 Å². The Bertz CT molecular complexity index is 378. The molecule has 0 saturated carbocycles. The van der Waals surface area contributed by atoms with Gasteiger partial charge in [-0.1, -0.05) is 12.1 Å². The van der Waals surface area contributed by atoms with E-state index < -0.39 is 6.04 Å². The molecule has 0 aliphatic carbocycles. The number of hydrogen-bond donors (Lipinski definition) is 2. The van der Waals surface area contributed by atoms with Gasteiger partial charge in [0.2, 0.25) is 5.91 Å². The summed E-state index contributed by atoms with van der Waals surface area (Å²) in [4.78, 5) is 13.1. The van der Waals surface area contributed by atoms with Crippen molar-refractivity contribution >= 4 is 5.91 Å². The van der Waals surface area contributed by atoms with Crippen LogP contribution in [0.5, 0.6) is 5.75 Å². The van der Waals surface area contributed by atoms with Crippen LogP contribution >= 0.6 is 0 Å². The number of aliphatic hydroxyl groups is 1. The summed E-state index contributed by atoms with van der Waals surface area (Å²) < 4.78 is 5.07. The van der Waals surface area contributed by atoms with Gasteiger partial charge >= 0.3 is 0 Å². The smallest absolute Gasteiger partial charge is 0.241 e. The minimum atomic E-state index is -0.828. The lowest BCUT2D eigenvalue weighted by molar-refractivity contribution is -0.132. The van der Waals surface area contributed by atoms with Crippen molar-refractivity contribution in [2.45, 2.75) is 12.5 Å². The zero-order valence-corrected chi connectivity index (χ0v) is 10.8. The zero-order chi connectivity index (χ0) is 13.5. The fourth-order valence-corrected chi connectivity index (χ4v) is 1.56. The zero-order valence-electron chi connectivity index (χ0n) is 10.8. The highest BCUT2D eigenvalue weighted by Crippen LogP contribution is 2.11. The van der Waals surface area contributed by atoms with E-state index in [1.165, 1.54) is 4.90 Å². The summed E-state index contributed by atoms with van der Waals surface area (Å²) in [6, 6.07) is 6.87. The van der Waals surface area contributed by atoms with Crippen molar-refractivity contribution in [3.8, 4) is 5.75 Å². The lowest BCUT2D eigenvalue weighted by Gasteiger charge is -2.20. The number of ether oxygens (including phenoxy) is 1. The van der Waals surface area contributed by atoms with Crippen LogP contribution < -0.4 is 10.5 Å². The molecule has 0 fully saturated rings. The maximum absolute atomic E-state index is 11.6. The normalized spacial score (nSPS) is 12.0. The first kappa shape index (κ1) is 14.5. The number of carbonyl (C=O) groups excluding carboxylic acids is 1. The third kappa shape index (κ3) is 4.01. The molecule has 0 radical (unpaired) electrons. The molecule has 0 aromatic heterocycles. The summed E-state index contributed by atoms with van der Waals surface area (Å²) in [5.74, 6) is 0.566. The Morgan fingerprint density at radius 2 is 2.06 bits per heavy atom. The number of rotatable bonds is 6. The van der Waals surface area contributed by atoms with Crippen molar-refractivity contribution in [2.24, 2.45) is 5.73 Å². The topological polar surface area (TPSA) is 75.8 Å². The first-order valence-electron chi connectivity index (χ1n) is 5.82. The molecule has 0 saturated heterocycles. The van der Waals surface area contributed by atoms with E-state index in [2.05, 4.69) is 0 Å². The minimum absolute atomic E-state index is 0.244. The third-order valence-electron chi connectivity index (χ3n) is 2.79. The van der Waals surface area contributed by atoms with Crippen molar-refractivity contribution in [1.82, 2.24) is 4.90 Å².